The fourth-order valence-electron chi connectivity index (χ4n) is 2.13. The van der Waals surface area contributed by atoms with E-state index >= 15 is 0 Å². The Morgan fingerprint density at radius 2 is 1.94 bits per heavy atom. The van der Waals surface area contributed by atoms with Crippen LogP contribution in [0, 0.1) is 16.7 Å². The molecule has 1 heterocycles. The smallest absolute Gasteiger partial charge is 0.183 e. The molecule has 1 aliphatic heterocycles. The molecule has 0 aliphatic carbocycles. The number of ketones is 1. The molecule has 0 aromatic heterocycles. The number of ether oxygens (including phenoxy) is 2. The van der Waals surface area contributed by atoms with Gasteiger partial charge in [-0.15, -0.1) is 0 Å². The zero-order chi connectivity index (χ0) is 13.0. The normalized spacial score (nSPS) is 17.8. The molecule has 1 aromatic rings. The highest BCUT2D eigenvalue weighted by Crippen LogP contribution is 2.33. The summed E-state index contributed by atoms with van der Waals surface area (Å²) in [5.41, 5.74) is -0.369. The lowest BCUT2D eigenvalue weighted by Crippen LogP contribution is -2.36. The summed E-state index contributed by atoms with van der Waals surface area (Å²) in [7, 11) is 1.58. The number of carbonyl (C=O) groups is 1. The van der Waals surface area contributed by atoms with E-state index in [1.165, 1.54) is 0 Å². The molecule has 0 amide bonds. The number of hydrogen-bond donors (Lipinski definition) is 0. The summed E-state index contributed by atoms with van der Waals surface area (Å²) in [5.74, 6) is 0.584. The van der Waals surface area contributed by atoms with Crippen LogP contribution in [-0.4, -0.2) is 26.1 Å². The maximum absolute atomic E-state index is 12.4. The summed E-state index contributed by atoms with van der Waals surface area (Å²) >= 11 is 0. The van der Waals surface area contributed by atoms with Gasteiger partial charge in [0, 0.05) is 18.8 Å². The van der Waals surface area contributed by atoms with E-state index < -0.39 is 5.41 Å². The Kier molecular flexibility index (Phi) is 3.63. The highest BCUT2D eigenvalue weighted by atomic mass is 16.5. The third kappa shape index (κ3) is 2.22. The largest absolute Gasteiger partial charge is 0.497 e. The van der Waals surface area contributed by atoms with Crippen molar-refractivity contribution in [2.45, 2.75) is 12.8 Å². The van der Waals surface area contributed by atoms with Gasteiger partial charge in [-0.05, 0) is 37.1 Å². The first-order valence-corrected chi connectivity index (χ1v) is 5.90. The number of nitriles is 1. The maximum Gasteiger partial charge on any atom is 0.183 e. The van der Waals surface area contributed by atoms with Gasteiger partial charge in [-0.2, -0.15) is 5.26 Å². The van der Waals surface area contributed by atoms with Gasteiger partial charge in [0.1, 0.15) is 11.2 Å². The van der Waals surface area contributed by atoms with E-state index in [4.69, 9.17) is 9.47 Å². The van der Waals surface area contributed by atoms with E-state index in [1.807, 2.05) is 0 Å². The van der Waals surface area contributed by atoms with Crippen molar-refractivity contribution in [1.29, 1.82) is 5.26 Å². The molecule has 94 valence electrons. The Morgan fingerprint density at radius 3 is 2.44 bits per heavy atom. The van der Waals surface area contributed by atoms with Crippen molar-refractivity contribution in [3.8, 4) is 11.8 Å². The van der Waals surface area contributed by atoms with Crippen LogP contribution in [0.3, 0.4) is 0 Å². The molecule has 2 rings (SSSR count). The highest BCUT2D eigenvalue weighted by molar-refractivity contribution is 6.02. The molecule has 4 heteroatoms. The van der Waals surface area contributed by atoms with Gasteiger partial charge in [-0.3, -0.25) is 4.79 Å². The number of hydrogen-bond acceptors (Lipinski definition) is 4. The van der Waals surface area contributed by atoms with Crippen molar-refractivity contribution in [3.05, 3.63) is 29.8 Å². The quantitative estimate of drug-likeness (QED) is 0.766. The molecule has 0 spiro atoms. The molecule has 18 heavy (non-hydrogen) atoms. The molecule has 0 N–H and O–H groups in total. The maximum atomic E-state index is 12.4. The minimum atomic E-state index is -0.924. The zero-order valence-corrected chi connectivity index (χ0v) is 10.3. The Hall–Kier alpha value is -1.86. The van der Waals surface area contributed by atoms with Crippen molar-refractivity contribution in [2.75, 3.05) is 20.3 Å². The highest BCUT2D eigenvalue weighted by Gasteiger charge is 2.40. The molecule has 1 fully saturated rings. The molecule has 4 nitrogen and oxygen atoms in total. The van der Waals surface area contributed by atoms with E-state index in [0.717, 1.165) is 0 Å². The van der Waals surface area contributed by atoms with Crippen LogP contribution in [0.25, 0.3) is 0 Å². The van der Waals surface area contributed by atoms with E-state index in [1.54, 1.807) is 31.4 Å². The van der Waals surface area contributed by atoms with Gasteiger partial charge < -0.3 is 9.47 Å². The Labute approximate surface area is 106 Å². The average Bonchev–Trinajstić information content (AvgIpc) is 2.47. The van der Waals surface area contributed by atoms with Crippen LogP contribution in [0.2, 0.25) is 0 Å². The molecule has 1 saturated heterocycles. The van der Waals surface area contributed by atoms with Crippen LogP contribution in [0.4, 0.5) is 0 Å². The van der Waals surface area contributed by atoms with Crippen LogP contribution in [0.1, 0.15) is 23.2 Å². The first-order valence-electron chi connectivity index (χ1n) is 5.90. The fourth-order valence-corrected chi connectivity index (χ4v) is 2.13. The summed E-state index contributed by atoms with van der Waals surface area (Å²) in [5, 5.41) is 9.32. The number of rotatable bonds is 3. The molecule has 0 radical (unpaired) electrons. The second-order valence-electron chi connectivity index (χ2n) is 4.36. The summed E-state index contributed by atoms with van der Waals surface area (Å²) in [4.78, 5) is 12.4. The van der Waals surface area contributed by atoms with E-state index in [2.05, 4.69) is 6.07 Å². The lowest BCUT2D eigenvalue weighted by Gasteiger charge is -2.29. The number of methoxy groups -OCH3 is 1. The third-order valence-corrected chi connectivity index (χ3v) is 3.35. The van der Waals surface area contributed by atoms with Crippen LogP contribution in [0.15, 0.2) is 24.3 Å². The summed E-state index contributed by atoms with van der Waals surface area (Å²) in [6.45, 7) is 0.935. The van der Waals surface area contributed by atoms with Crippen molar-refractivity contribution < 1.29 is 14.3 Å². The summed E-state index contributed by atoms with van der Waals surface area (Å²) in [6.07, 6.45) is 0.933. The number of nitrogens with zero attached hydrogens (tertiary/aromatic N) is 1. The van der Waals surface area contributed by atoms with Crippen LogP contribution >= 0.6 is 0 Å². The number of benzene rings is 1. The lowest BCUT2D eigenvalue weighted by molar-refractivity contribution is 0.0355. The first-order chi connectivity index (χ1) is 8.72. The molecular weight excluding hydrogens is 230 g/mol. The fraction of sp³-hybridized carbons (Fsp3) is 0.429. The second kappa shape index (κ2) is 5.19. The third-order valence-electron chi connectivity index (χ3n) is 3.35. The van der Waals surface area contributed by atoms with Gasteiger partial charge in [0.25, 0.3) is 0 Å². The Bertz CT molecular complexity index is 467. The van der Waals surface area contributed by atoms with E-state index in [0.29, 0.717) is 37.4 Å². The van der Waals surface area contributed by atoms with Crippen LogP contribution in [-0.2, 0) is 4.74 Å². The number of Topliss-reactive ketones (excluding diaryl/α,β-unsaturated/α-hetero) is 1. The average molecular weight is 245 g/mol. The SMILES string of the molecule is COc1ccc(C(=O)C2(C#N)CCOCC2)cc1. The van der Waals surface area contributed by atoms with Gasteiger partial charge in [0.2, 0.25) is 0 Å². The van der Waals surface area contributed by atoms with E-state index in [9.17, 15) is 10.1 Å². The summed E-state index contributed by atoms with van der Waals surface area (Å²) < 4.78 is 10.3. The molecule has 0 atom stereocenters. The molecular formula is C14H15NO3. The van der Waals surface area contributed by atoms with Gasteiger partial charge in [0.15, 0.2) is 5.78 Å². The lowest BCUT2D eigenvalue weighted by atomic mass is 9.75. The summed E-state index contributed by atoms with van der Waals surface area (Å²) in [6, 6.07) is 9.06. The zero-order valence-electron chi connectivity index (χ0n) is 10.3. The van der Waals surface area contributed by atoms with Crippen molar-refractivity contribution in [3.63, 3.8) is 0 Å². The van der Waals surface area contributed by atoms with Crippen molar-refractivity contribution in [1.82, 2.24) is 0 Å². The van der Waals surface area contributed by atoms with Crippen molar-refractivity contribution in [2.24, 2.45) is 5.41 Å². The molecule has 1 aromatic carbocycles. The van der Waals surface area contributed by atoms with Gasteiger partial charge >= 0.3 is 0 Å². The van der Waals surface area contributed by atoms with E-state index in [-0.39, 0.29) is 5.78 Å². The predicted molar refractivity (Wildman–Crippen MR) is 65.4 cm³/mol. The standard InChI is InChI=1S/C14H15NO3/c1-17-12-4-2-11(3-5-12)13(16)14(10-15)6-8-18-9-7-14/h2-5H,6-9H2,1H3. The first kappa shape index (κ1) is 12.6. The molecule has 0 bridgehead atoms. The molecule has 1 aliphatic rings. The molecule has 0 saturated carbocycles. The topological polar surface area (TPSA) is 59.3 Å². The minimum Gasteiger partial charge on any atom is -0.497 e. The van der Waals surface area contributed by atoms with Crippen molar-refractivity contribution >= 4 is 5.78 Å². The monoisotopic (exact) mass is 245 g/mol. The van der Waals surface area contributed by atoms with Gasteiger partial charge in [0.05, 0.1) is 13.2 Å². The molecule has 0 unspecified atom stereocenters. The van der Waals surface area contributed by atoms with Crippen LogP contribution < -0.4 is 4.74 Å². The predicted octanol–water partition coefficient (Wildman–Crippen LogP) is 2.20. The number of carbonyl (C=O) groups excluding carboxylic acids is 1. The van der Waals surface area contributed by atoms with Gasteiger partial charge in [-0.1, -0.05) is 0 Å². The Morgan fingerprint density at radius 1 is 1.33 bits per heavy atom. The Balaban J connectivity index is 2.25. The second-order valence-corrected chi connectivity index (χ2v) is 4.36. The van der Waals surface area contributed by atoms with Gasteiger partial charge in [-0.25, -0.2) is 0 Å². The minimum absolute atomic E-state index is 0.115. The van der Waals surface area contributed by atoms with Crippen LogP contribution in [0.5, 0.6) is 5.75 Å².